The van der Waals surface area contributed by atoms with Crippen molar-refractivity contribution in [3.8, 4) is 0 Å². The van der Waals surface area contributed by atoms with Crippen LogP contribution in [-0.2, 0) is 29.0 Å². The van der Waals surface area contributed by atoms with Crippen LogP contribution in [0.15, 0.2) is 78.9 Å². The molecule has 0 aliphatic heterocycles. The zero-order valence-corrected chi connectivity index (χ0v) is 19.5. The summed E-state index contributed by atoms with van der Waals surface area (Å²) >= 11 is 0. The Bertz CT molecular complexity index is 1070. The molecule has 0 fully saturated rings. The number of halogens is 2. The first-order chi connectivity index (χ1) is 16.4. The van der Waals surface area contributed by atoms with Crippen molar-refractivity contribution in [1.82, 2.24) is 10.2 Å². The van der Waals surface area contributed by atoms with Crippen LogP contribution in [0.3, 0.4) is 0 Å². The summed E-state index contributed by atoms with van der Waals surface area (Å²) in [6.07, 6.45) is 1.11. The van der Waals surface area contributed by atoms with Crippen molar-refractivity contribution in [3.05, 3.63) is 107 Å². The summed E-state index contributed by atoms with van der Waals surface area (Å²) in [5.74, 6) is -1.26. The van der Waals surface area contributed by atoms with Crippen molar-refractivity contribution in [1.29, 1.82) is 0 Å². The molecule has 0 heterocycles. The summed E-state index contributed by atoms with van der Waals surface area (Å²) in [6.45, 7) is 4.04. The Kier molecular flexibility index (Phi) is 8.91. The fourth-order valence-corrected chi connectivity index (χ4v) is 3.66. The van der Waals surface area contributed by atoms with E-state index in [0.717, 1.165) is 12.0 Å². The SMILES string of the molecule is CC[C@H](C)NC(=O)[C@H](Cc1ccccc1)N(Cc1ccc(F)cc1)C(=O)Cc1ccc(F)cc1. The van der Waals surface area contributed by atoms with Crippen molar-refractivity contribution in [2.24, 2.45) is 0 Å². The average Bonchev–Trinajstić information content (AvgIpc) is 2.84. The van der Waals surface area contributed by atoms with Gasteiger partial charge in [-0.15, -0.1) is 0 Å². The summed E-state index contributed by atoms with van der Waals surface area (Å²) in [6, 6.07) is 20.3. The summed E-state index contributed by atoms with van der Waals surface area (Å²) < 4.78 is 26.8. The van der Waals surface area contributed by atoms with Crippen molar-refractivity contribution in [2.45, 2.75) is 51.7 Å². The van der Waals surface area contributed by atoms with Crippen LogP contribution in [0.4, 0.5) is 8.78 Å². The Morgan fingerprint density at radius 1 is 0.824 bits per heavy atom. The zero-order chi connectivity index (χ0) is 24.5. The van der Waals surface area contributed by atoms with E-state index in [4.69, 9.17) is 0 Å². The molecule has 0 radical (unpaired) electrons. The van der Waals surface area contributed by atoms with E-state index in [0.29, 0.717) is 17.5 Å². The minimum atomic E-state index is -0.769. The lowest BCUT2D eigenvalue weighted by Gasteiger charge is -2.32. The number of nitrogens with zero attached hydrogens (tertiary/aromatic N) is 1. The molecule has 0 aliphatic rings. The number of rotatable bonds is 10. The molecule has 34 heavy (non-hydrogen) atoms. The molecule has 3 rings (SSSR count). The number of carbonyl (C=O) groups excluding carboxylic acids is 2. The number of hydrogen-bond acceptors (Lipinski definition) is 2. The number of nitrogens with one attached hydrogen (secondary N) is 1. The molecule has 3 aromatic rings. The van der Waals surface area contributed by atoms with Crippen LogP contribution in [0.25, 0.3) is 0 Å². The maximum absolute atomic E-state index is 13.5. The third-order valence-electron chi connectivity index (χ3n) is 5.81. The zero-order valence-electron chi connectivity index (χ0n) is 19.5. The van der Waals surface area contributed by atoms with Crippen LogP contribution in [0, 0.1) is 11.6 Å². The fourth-order valence-electron chi connectivity index (χ4n) is 3.66. The Morgan fingerprint density at radius 2 is 1.38 bits per heavy atom. The van der Waals surface area contributed by atoms with Crippen LogP contribution < -0.4 is 5.32 Å². The molecule has 0 aliphatic carbocycles. The summed E-state index contributed by atoms with van der Waals surface area (Å²) in [7, 11) is 0. The highest BCUT2D eigenvalue weighted by molar-refractivity contribution is 5.89. The highest BCUT2D eigenvalue weighted by Crippen LogP contribution is 2.17. The Hall–Kier alpha value is -3.54. The molecule has 0 spiro atoms. The molecule has 3 aromatic carbocycles. The van der Waals surface area contributed by atoms with Gasteiger partial charge in [0, 0.05) is 19.0 Å². The highest BCUT2D eigenvalue weighted by Gasteiger charge is 2.31. The summed E-state index contributed by atoms with van der Waals surface area (Å²) in [5.41, 5.74) is 2.28. The second-order valence-electron chi connectivity index (χ2n) is 8.47. The molecule has 1 N–H and O–H groups in total. The monoisotopic (exact) mass is 464 g/mol. The van der Waals surface area contributed by atoms with Gasteiger partial charge in [-0.3, -0.25) is 9.59 Å². The topological polar surface area (TPSA) is 49.4 Å². The van der Waals surface area contributed by atoms with E-state index in [-0.39, 0.29) is 42.5 Å². The van der Waals surface area contributed by atoms with Gasteiger partial charge in [0.05, 0.1) is 6.42 Å². The molecular weight excluding hydrogens is 434 g/mol. The van der Waals surface area contributed by atoms with Crippen molar-refractivity contribution in [3.63, 3.8) is 0 Å². The van der Waals surface area contributed by atoms with E-state index in [9.17, 15) is 18.4 Å². The standard InChI is InChI=1S/C28H30F2N2O2/c1-3-20(2)31-28(34)26(17-21-7-5-4-6-8-21)32(19-23-11-15-25(30)16-12-23)27(33)18-22-9-13-24(29)14-10-22/h4-16,20,26H,3,17-19H2,1-2H3,(H,31,34)/t20-,26-/m0/s1. The molecule has 2 atom stereocenters. The molecule has 2 amide bonds. The molecule has 0 saturated heterocycles. The minimum Gasteiger partial charge on any atom is -0.352 e. The second kappa shape index (κ2) is 12.1. The smallest absolute Gasteiger partial charge is 0.243 e. The van der Waals surface area contributed by atoms with Gasteiger partial charge in [-0.1, -0.05) is 61.5 Å². The van der Waals surface area contributed by atoms with Gasteiger partial charge in [0.1, 0.15) is 17.7 Å². The third kappa shape index (κ3) is 7.24. The number of benzene rings is 3. The van der Waals surface area contributed by atoms with Gasteiger partial charge in [0.25, 0.3) is 0 Å². The number of amides is 2. The quantitative estimate of drug-likeness (QED) is 0.456. The average molecular weight is 465 g/mol. The van der Waals surface area contributed by atoms with Crippen LogP contribution >= 0.6 is 0 Å². The first-order valence-electron chi connectivity index (χ1n) is 11.5. The lowest BCUT2D eigenvalue weighted by Crippen LogP contribution is -2.52. The van der Waals surface area contributed by atoms with E-state index in [1.807, 2.05) is 44.2 Å². The van der Waals surface area contributed by atoms with Crippen molar-refractivity contribution in [2.75, 3.05) is 0 Å². The van der Waals surface area contributed by atoms with Crippen LogP contribution in [0.5, 0.6) is 0 Å². The molecule has 4 nitrogen and oxygen atoms in total. The predicted molar refractivity (Wildman–Crippen MR) is 129 cm³/mol. The molecule has 0 aromatic heterocycles. The van der Waals surface area contributed by atoms with Gasteiger partial charge < -0.3 is 10.2 Å². The van der Waals surface area contributed by atoms with Crippen molar-refractivity contribution >= 4 is 11.8 Å². The summed E-state index contributed by atoms with van der Waals surface area (Å²) in [5, 5.41) is 3.01. The minimum absolute atomic E-state index is 0.0172. The van der Waals surface area contributed by atoms with E-state index in [1.54, 1.807) is 29.2 Å². The number of carbonyl (C=O) groups is 2. The first-order valence-corrected chi connectivity index (χ1v) is 11.5. The maximum Gasteiger partial charge on any atom is 0.243 e. The van der Waals surface area contributed by atoms with Gasteiger partial charge in [0.15, 0.2) is 0 Å². The van der Waals surface area contributed by atoms with E-state index in [1.165, 1.54) is 24.3 Å². The van der Waals surface area contributed by atoms with Crippen LogP contribution in [0.2, 0.25) is 0 Å². The Labute approximate surface area is 199 Å². The van der Waals surface area contributed by atoms with E-state index < -0.39 is 6.04 Å². The Balaban J connectivity index is 1.95. The van der Waals surface area contributed by atoms with Gasteiger partial charge in [-0.05, 0) is 54.3 Å². The van der Waals surface area contributed by atoms with Gasteiger partial charge >= 0.3 is 0 Å². The highest BCUT2D eigenvalue weighted by atomic mass is 19.1. The molecule has 0 bridgehead atoms. The Morgan fingerprint density at radius 3 is 1.94 bits per heavy atom. The molecular formula is C28H30F2N2O2. The lowest BCUT2D eigenvalue weighted by molar-refractivity contribution is -0.141. The van der Waals surface area contributed by atoms with Crippen LogP contribution in [0.1, 0.15) is 37.0 Å². The van der Waals surface area contributed by atoms with E-state index >= 15 is 0 Å². The molecule has 178 valence electrons. The maximum atomic E-state index is 13.5. The van der Waals surface area contributed by atoms with Gasteiger partial charge in [0.2, 0.25) is 11.8 Å². The molecule has 0 saturated carbocycles. The molecule has 6 heteroatoms. The van der Waals surface area contributed by atoms with Crippen molar-refractivity contribution < 1.29 is 18.4 Å². The second-order valence-corrected chi connectivity index (χ2v) is 8.47. The largest absolute Gasteiger partial charge is 0.352 e. The third-order valence-corrected chi connectivity index (χ3v) is 5.81. The normalized spacial score (nSPS) is 12.6. The molecule has 0 unspecified atom stereocenters. The fraction of sp³-hybridized carbons (Fsp3) is 0.286. The first kappa shape index (κ1) is 25.1. The van der Waals surface area contributed by atoms with Crippen LogP contribution in [-0.4, -0.2) is 28.8 Å². The van der Waals surface area contributed by atoms with E-state index in [2.05, 4.69) is 5.32 Å². The summed E-state index contributed by atoms with van der Waals surface area (Å²) in [4.78, 5) is 28.5. The van der Waals surface area contributed by atoms with Gasteiger partial charge in [-0.2, -0.15) is 0 Å². The predicted octanol–water partition coefficient (Wildman–Crippen LogP) is 5.06. The number of hydrogen-bond donors (Lipinski definition) is 1. The lowest BCUT2D eigenvalue weighted by atomic mass is 10.0. The van der Waals surface area contributed by atoms with Gasteiger partial charge in [-0.25, -0.2) is 8.78 Å².